The molecule has 0 aliphatic rings. The lowest BCUT2D eigenvalue weighted by Gasteiger charge is -2.07. The molecule has 1 aromatic carbocycles. The van der Waals surface area contributed by atoms with E-state index in [4.69, 9.17) is 0 Å². The molecule has 6 nitrogen and oxygen atoms in total. The molecule has 0 aliphatic carbocycles. The molecule has 0 bridgehead atoms. The van der Waals surface area contributed by atoms with Gasteiger partial charge in [-0.3, -0.25) is 9.52 Å². The summed E-state index contributed by atoms with van der Waals surface area (Å²) in [4.78, 5) is 11.6. The van der Waals surface area contributed by atoms with Gasteiger partial charge in [0.15, 0.2) is 11.6 Å². The highest BCUT2D eigenvalue weighted by atomic mass is 32.2. The zero-order valence-electron chi connectivity index (χ0n) is 10.8. The minimum Gasteiger partial charge on any atom is -0.294 e. The number of sulfonamides is 1. The average molecular weight is 291 g/mol. The van der Waals surface area contributed by atoms with Crippen LogP contribution in [0.5, 0.6) is 0 Å². The summed E-state index contributed by atoms with van der Waals surface area (Å²) in [6.45, 7) is 1.72. The van der Waals surface area contributed by atoms with E-state index in [1.54, 1.807) is 19.1 Å². The van der Waals surface area contributed by atoms with Gasteiger partial charge in [0.2, 0.25) is 0 Å². The van der Waals surface area contributed by atoms with Crippen LogP contribution in [0.4, 0.5) is 5.82 Å². The van der Waals surface area contributed by atoms with Crippen molar-refractivity contribution in [3.8, 4) is 0 Å². The number of benzene rings is 1. The van der Waals surface area contributed by atoms with Crippen molar-refractivity contribution in [2.45, 2.75) is 18.2 Å². The van der Waals surface area contributed by atoms with Gasteiger partial charge in [0, 0.05) is 18.2 Å². The summed E-state index contributed by atoms with van der Waals surface area (Å²) < 4.78 is 26.7. The number of hydrogen-bond acceptors (Lipinski definition) is 5. The van der Waals surface area contributed by atoms with Crippen LogP contribution in [-0.2, 0) is 10.0 Å². The number of nitrogens with one attached hydrogen (secondary N) is 1. The Kier molecular flexibility index (Phi) is 4.09. The van der Waals surface area contributed by atoms with E-state index in [0.29, 0.717) is 12.0 Å². The zero-order valence-corrected chi connectivity index (χ0v) is 11.6. The minimum atomic E-state index is -3.78. The van der Waals surface area contributed by atoms with E-state index in [1.807, 2.05) is 0 Å². The topological polar surface area (TPSA) is 89.0 Å². The van der Waals surface area contributed by atoms with Crippen LogP contribution in [0.2, 0.25) is 0 Å². The second-order valence-corrected chi connectivity index (χ2v) is 5.70. The maximum absolute atomic E-state index is 12.2. The summed E-state index contributed by atoms with van der Waals surface area (Å²) in [5, 5.41) is 7.25. The molecule has 0 atom stereocenters. The lowest BCUT2D eigenvalue weighted by molar-refractivity contribution is 0.0988. The van der Waals surface area contributed by atoms with Crippen LogP contribution in [-0.4, -0.2) is 24.4 Å². The summed E-state index contributed by atoms with van der Waals surface area (Å²) in [5.41, 5.74) is 0.370. The van der Waals surface area contributed by atoms with Crippen molar-refractivity contribution in [3.63, 3.8) is 0 Å². The van der Waals surface area contributed by atoms with E-state index in [-0.39, 0.29) is 16.5 Å². The van der Waals surface area contributed by atoms with Crippen LogP contribution in [0.15, 0.2) is 47.5 Å². The maximum atomic E-state index is 12.2. The van der Waals surface area contributed by atoms with Crippen LogP contribution < -0.4 is 4.72 Å². The van der Waals surface area contributed by atoms with E-state index < -0.39 is 10.0 Å². The van der Waals surface area contributed by atoms with Crippen LogP contribution in [0.3, 0.4) is 0 Å². The van der Waals surface area contributed by atoms with E-state index in [9.17, 15) is 13.2 Å². The molecular formula is C13H13N3O3S. The highest BCUT2D eigenvalue weighted by Crippen LogP contribution is 2.16. The predicted molar refractivity (Wildman–Crippen MR) is 73.9 cm³/mol. The van der Waals surface area contributed by atoms with Crippen LogP contribution >= 0.6 is 0 Å². The Morgan fingerprint density at radius 1 is 1.25 bits per heavy atom. The molecule has 1 heterocycles. The molecule has 7 heteroatoms. The Morgan fingerprint density at radius 2 is 2.05 bits per heavy atom. The fourth-order valence-corrected chi connectivity index (χ4v) is 2.64. The van der Waals surface area contributed by atoms with Gasteiger partial charge in [-0.1, -0.05) is 19.1 Å². The molecule has 2 rings (SSSR count). The molecule has 0 aliphatic heterocycles. The third-order valence-electron chi connectivity index (χ3n) is 2.60. The Bertz CT molecular complexity index is 715. The molecule has 1 N–H and O–H groups in total. The van der Waals surface area contributed by atoms with Crippen molar-refractivity contribution < 1.29 is 13.2 Å². The predicted octanol–water partition coefficient (Wildman–Crippen LogP) is 1.87. The number of aromatic nitrogens is 2. The van der Waals surface area contributed by atoms with Crippen molar-refractivity contribution in [3.05, 3.63) is 48.2 Å². The highest BCUT2D eigenvalue weighted by molar-refractivity contribution is 7.92. The van der Waals surface area contributed by atoms with Crippen molar-refractivity contribution in [2.24, 2.45) is 0 Å². The molecule has 20 heavy (non-hydrogen) atoms. The molecule has 0 amide bonds. The summed E-state index contributed by atoms with van der Waals surface area (Å²) in [7, 11) is -3.78. The summed E-state index contributed by atoms with van der Waals surface area (Å²) in [6, 6.07) is 8.96. The fourth-order valence-electron chi connectivity index (χ4n) is 1.59. The van der Waals surface area contributed by atoms with Crippen LogP contribution in [0, 0.1) is 0 Å². The molecule has 1 aromatic heterocycles. The lowest BCUT2D eigenvalue weighted by atomic mass is 10.1. The summed E-state index contributed by atoms with van der Waals surface area (Å²) in [5.74, 6) is 0.0151. The Morgan fingerprint density at radius 3 is 2.70 bits per heavy atom. The van der Waals surface area contributed by atoms with Gasteiger partial charge in [-0.25, -0.2) is 8.42 Å². The van der Waals surface area contributed by atoms with E-state index in [2.05, 4.69) is 14.9 Å². The van der Waals surface area contributed by atoms with Gasteiger partial charge in [0.25, 0.3) is 10.0 Å². The average Bonchev–Trinajstić information content (AvgIpc) is 2.47. The molecular weight excluding hydrogens is 278 g/mol. The summed E-state index contributed by atoms with van der Waals surface area (Å²) in [6.07, 6.45) is 1.76. The first-order chi connectivity index (χ1) is 9.53. The monoisotopic (exact) mass is 291 g/mol. The number of Topliss-reactive ketones (excluding diaryl/α,β-unsaturated/α-hetero) is 1. The first-order valence-electron chi connectivity index (χ1n) is 5.96. The van der Waals surface area contributed by atoms with Crippen molar-refractivity contribution in [2.75, 3.05) is 4.72 Å². The Balaban J connectivity index is 2.33. The van der Waals surface area contributed by atoms with Gasteiger partial charge in [0.05, 0.1) is 4.90 Å². The molecule has 0 radical (unpaired) electrons. The molecule has 0 saturated carbocycles. The van der Waals surface area contributed by atoms with Crippen LogP contribution in [0.25, 0.3) is 0 Å². The van der Waals surface area contributed by atoms with Crippen molar-refractivity contribution in [1.82, 2.24) is 10.2 Å². The van der Waals surface area contributed by atoms with E-state index >= 15 is 0 Å². The van der Waals surface area contributed by atoms with Crippen molar-refractivity contribution >= 4 is 21.6 Å². The second-order valence-electron chi connectivity index (χ2n) is 4.02. The number of nitrogens with zero attached hydrogens (tertiary/aromatic N) is 2. The fraction of sp³-hybridized carbons (Fsp3) is 0.154. The van der Waals surface area contributed by atoms with Gasteiger partial charge in [-0.15, -0.1) is 5.10 Å². The van der Waals surface area contributed by atoms with Gasteiger partial charge in [0.1, 0.15) is 0 Å². The molecule has 0 saturated heterocycles. The lowest BCUT2D eigenvalue weighted by Crippen LogP contribution is -2.14. The third-order valence-corrected chi connectivity index (χ3v) is 3.95. The molecule has 0 spiro atoms. The molecule has 0 fully saturated rings. The van der Waals surface area contributed by atoms with Crippen molar-refractivity contribution in [1.29, 1.82) is 0 Å². The molecule has 2 aromatic rings. The Labute approximate surface area is 116 Å². The molecule has 104 valence electrons. The number of carbonyl (C=O) groups is 1. The first kappa shape index (κ1) is 14.1. The normalized spacial score (nSPS) is 11.1. The quantitative estimate of drug-likeness (QED) is 0.849. The number of anilines is 1. The van der Waals surface area contributed by atoms with E-state index in [1.165, 1.54) is 30.5 Å². The van der Waals surface area contributed by atoms with Crippen LogP contribution in [0.1, 0.15) is 23.7 Å². The zero-order chi connectivity index (χ0) is 14.6. The Hall–Kier alpha value is -2.28. The highest BCUT2D eigenvalue weighted by Gasteiger charge is 2.16. The van der Waals surface area contributed by atoms with E-state index in [0.717, 1.165) is 0 Å². The number of rotatable bonds is 5. The molecule has 0 unspecified atom stereocenters. The maximum Gasteiger partial charge on any atom is 0.263 e. The third kappa shape index (κ3) is 3.18. The van der Waals surface area contributed by atoms with Gasteiger partial charge in [-0.05, 0) is 24.3 Å². The first-order valence-corrected chi connectivity index (χ1v) is 7.45. The van der Waals surface area contributed by atoms with Gasteiger partial charge in [-0.2, -0.15) is 5.10 Å². The second kappa shape index (κ2) is 5.79. The number of hydrogen-bond donors (Lipinski definition) is 1. The number of carbonyl (C=O) groups excluding carboxylic acids is 1. The summed E-state index contributed by atoms with van der Waals surface area (Å²) >= 11 is 0. The number of ketones is 1. The van der Waals surface area contributed by atoms with Gasteiger partial charge >= 0.3 is 0 Å². The minimum absolute atomic E-state index is 0.0162. The van der Waals surface area contributed by atoms with Gasteiger partial charge < -0.3 is 0 Å². The standard InChI is InChI=1S/C13H13N3O3S/c1-2-12(17)10-5-3-6-11(9-10)20(18,19)16-13-7-4-8-14-15-13/h3-9H,2H2,1H3,(H,15,16). The smallest absolute Gasteiger partial charge is 0.263 e. The SMILES string of the molecule is CCC(=O)c1cccc(S(=O)(=O)Nc2cccnn2)c1. The largest absolute Gasteiger partial charge is 0.294 e.